The average molecular weight is 986 g/mol. The fourth-order valence-electron chi connectivity index (χ4n) is 11.8. The summed E-state index contributed by atoms with van der Waals surface area (Å²) in [5, 5.41) is 4.15. The van der Waals surface area contributed by atoms with E-state index in [1.165, 1.54) is 132 Å². The Morgan fingerprint density at radius 2 is 0.342 bits per heavy atom. The minimum atomic E-state index is -2.18. The summed E-state index contributed by atoms with van der Waals surface area (Å²) in [6, 6.07) is 108. The van der Waals surface area contributed by atoms with Gasteiger partial charge in [0.15, 0.2) is 8.80 Å². The number of rotatable bonds is 12. The zero-order chi connectivity index (χ0) is 51.4. The Labute approximate surface area is 450 Å². The van der Waals surface area contributed by atoms with E-state index in [2.05, 4.69) is 312 Å². The van der Waals surface area contributed by atoms with Gasteiger partial charge in [-0.05, 0) is 171 Å². The Morgan fingerprint density at radius 1 is 0.184 bits per heavy atom. The van der Waals surface area contributed by atoms with Crippen LogP contribution in [0.1, 0.15) is 16.7 Å². The molecule has 12 rings (SSSR count). The quantitative estimate of drug-likeness (QED) is 0.0845. The van der Waals surface area contributed by atoms with Crippen molar-refractivity contribution in [2.75, 3.05) is 0 Å². The third-order valence-corrected chi connectivity index (χ3v) is 18.6. The van der Waals surface area contributed by atoms with Crippen LogP contribution in [0.4, 0.5) is 0 Å². The van der Waals surface area contributed by atoms with Gasteiger partial charge in [-0.1, -0.05) is 273 Å². The summed E-state index contributed by atoms with van der Waals surface area (Å²) < 4.78 is 0. The highest BCUT2D eigenvalue weighted by Crippen LogP contribution is 2.44. The zero-order valence-corrected chi connectivity index (χ0v) is 44.2. The van der Waals surface area contributed by atoms with Crippen LogP contribution in [0.25, 0.3) is 100 Å². The number of hydrogen-bond acceptors (Lipinski definition) is 0. The minimum absolute atomic E-state index is 1.20. The van der Waals surface area contributed by atoms with Gasteiger partial charge in [-0.2, -0.15) is 0 Å². The van der Waals surface area contributed by atoms with E-state index in [4.69, 9.17) is 0 Å². The molecule has 0 N–H and O–H groups in total. The molecule has 0 saturated heterocycles. The van der Waals surface area contributed by atoms with Crippen molar-refractivity contribution in [3.05, 3.63) is 308 Å². The smallest absolute Gasteiger partial charge is 0.0622 e. The lowest BCUT2D eigenvalue weighted by Crippen LogP contribution is -2.57. The minimum Gasteiger partial charge on any atom is -0.0622 e. The average Bonchev–Trinajstić information content (AvgIpc) is 3.53. The first-order valence-corrected chi connectivity index (χ1v) is 27.9. The van der Waals surface area contributed by atoms with Gasteiger partial charge in [0.2, 0.25) is 0 Å². The SMILES string of the molecule is Cc1c(-c2ccccc2)c(-c2ccccc2)cc(-c2ccccc2)c1[Si](c1c(-c2ccccc2)cc(-c2ccccc2)c(-c2ccccc2)c1C)c1c(-c2ccccc2)cc(-c2ccccc2)c(-c2ccccc2)c1C. The van der Waals surface area contributed by atoms with Crippen LogP contribution >= 0.6 is 0 Å². The van der Waals surface area contributed by atoms with Crippen molar-refractivity contribution in [2.24, 2.45) is 0 Å². The predicted octanol–water partition coefficient (Wildman–Crippen LogP) is 18.1. The van der Waals surface area contributed by atoms with Crippen LogP contribution in [0, 0.1) is 20.8 Å². The normalized spacial score (nSPS) is 11.2. The molecule has 0 aliphatic rings. The van der Waals surface area contributed by atoms with Crippen molar-refractivity contribution >= 4 is 24.4 Å². The van der Waals surface area contributed by atoms with Gasteiger partial charge in [0.1, 0.15) is 0 Å². The topological polar surface area (TPSA) is 0 Å². The lowest BCUT2D eigenvalue weighted by atomic mass is 9.87. The molecule has 361 valence electrons. The molecule has 0 heterocycles. The molecule has 12 aromatic rings. The van der Waals surface area contributed by atoms with Crippen molar-refractivity contribution < 1.29 is 0 Å². The van der Waals surface area contributed by atoms with Gasteiger partial charge in [-0.25, -0.2) is 0 Å². The van der Waals surface area contributed by atoms with E-state index in [9.17, 15) is 0 Å². The Bertz CT molecular complexity index is 3520. The standard InChI is InChI=1S/C75H57Si/c1-52-70(61-43-25-10-26-44-61)64(55-31-13-4-14-32-55)49-67(58-37-19-7-20-38-58)73(52)76(74-53(2)71(62-45-27-11-28-46-62)65(56-33-15-5-16-34-56)50-68(74)59-39-21-8-22-40-59)75-54(3)72(63-47-29-12-30-48-63)66(57-35-17-6-18-36-57)51-69(75)60-41-23-9-24-42-60/h4-51H,1-3H3. The lowest BCUT2D eigenvalue weighted by molar-refractivity contribution is 1.44. The van der Waals surface area contributed by atoms with E-state index in [1.54, 1.807) is 0 Å². The summed E-state index contributed by atoms with van der Waals surface area (Å²) in [4.78, 5) is 0. The van der Waals surface area contributed by atoms with Crippen molar-refractivity contribution in [3.8, 4) is 100 Å². The molecule has 1 heteroatoms. The third kappa shape index (κ3) is 9.06. The third-order valence-electron chi connectivity index (χ3n) is 15.2. The van der Waals surface area contributed by atoms with Gasteiger partial charge < -0.3 is 0 Å². The molecule has 1 radical (unpaired) electrons. The largest absolute Gasteiger partial charge is 0.158 e. The summed E-state index contributed by atoms with van der Waals surface area (Å²) in [6.07, 6.45) is 0. The zero-order valence-electron chi connectivity index (χ0n) is 43.2. The van der Waals surface area contributed by atoms with Gasteiger partial charge in [-0.15, -0.1) is 0 Å². The molecule has 0 aromatic heterocycles. The molecule has 0 fully saturated rings. The first-order valence-electron chi connectivity index (χ1n) is 26.4. The molecule has 0 unspecified atom stereocenters. The van der Waals surface area contributed by atoms with Crippen molar-refractivity contribution in [3.63, 3.8) is 0 Å². The van der Waals surface area contributed by atoms with Gasteiger partial charge in [-0.3, -0.25) is 0 Å². The van der Waals surface area contributed by atoms with E-state index in [-0.39, 0.29) is 0 Å². The molecule has 0 spiro atoms. The van der Waals surface area contributed by atoms with Crippen LogP contribution in [0.15, 0.2) is 291 Å². The summed E-state index contributed by atoms with van der Waals surface area (Å²) in [7, 11) is -2.18. The summed E-state index contributed by atoms with van der Waals surface area (Å²) in [5.41, 5.74) is 25.9. The van der Waals surface area contributed by atoms with E-state index in [0.717, 1.165) is 0 Å². The molecule has 0 nitrogen and oxygen atoms in total. The van der Waals surface area contributed by atoms with Crippen LogP contribution in [0.3, 0.4) is 0 Å². The highest BCUT2D eigenvalue weighted by atomic mass is 28.3. The van der Waals surface area contributed by atoms with Crippen LogP contribution in [0.5, 0.6) is 0 Å². The molecule has 12 aromatic carbocycles. The highest BCUT2D eigenvalue weighted by molar-refractivity contribution is 6.99. The van der Waals surface area contributed by atoms with Crippen molar-refractivity contribution in [1.29, 1.82) is 0 Å². The van der Waals surface area contributed by atoms with E-state index < -0.39 is 8.80 Å². The first-order chi connectivity index (χ1) is 37.5. The Kier molecular flexibility index (Phi) is 13.5. The van der Waals surface area contributed by atoms with Crippen molar-refractivity contribution in [1.82, 2.24) is 0 Å². The van der Waals surface area contributed by atoms with Gasteiger partial charge >= 0.3 is 0 Å². The monoisotopic (exact) mass is 985 g/mol. The Balaban J connectivity index is 1.36. The van der Waals surface area contributed by atoms with Gasteiger partial charge in [0.05, 0.1) is 0 Å². The van der Waals surface area contributed by atoms with Crippen molar-refractivity contribution in [2.45, 2.75) is 20.8 Å². The van der Waals surface area contributed by atoms with Crippen LogP contribution < -0.4 is 15.6 Å². The van der Waals surface area contributed by atoms with Gasteiger partial charge in [0, 0.05) is 0 Å². The second-order valence-electron chi connectivity index (χ2n) is 19.7. The molecule has 76 heavy (non-hydrogen) atoms. The van der Waals surface area contributed by atoms with Crippen LogP contribution in [-0.2, 0) is 0 Å². The summed E-state index contributed by atoms with van der Waals surface area (Å²) >= 11 is 0. The number of hydrogen-bond donors (Lipinski definition) is 0. The van der Waals surface area contributed by atoms with E-state index >= 15 is 0 Å². The van der Waals surface area contributed by atoms with Crippen LogP contribution in [0.2, 0.25) is 0 Å². The van der Waals surface area contributed by atoms with Gasteiger partial charge in [0.25, 0.3) is 0 Å². The molecule has 0 bridgehead atoms. The van der Waals surface area contributed by atoms with E-state index in [1.807, 2.05) is 0 Å². The lowest BCUT2D eigenvalue weighted by Gasteiger charge is -2.34. The first kappa shape index (κ1) is 47.8. The predicted molar refractivity (Wildman–Crippen MR) is 327 cm³/mol. The maximum atomic E-state index is 2.54. The second kappa shape index (κ2) is 21.4. The molecular formula is C75H57Si. The maximum Gasteiger partial charge on any atom is 0.158 e. The molecule has 0 aliphatic heterocycles. The highest BCUT2D eigenvalue weighted by Gasteiger charge is 2.37. The van der Waals surface area contributed by atoms with E-state index in [0.29, 0.717) is 0 Å². The molecule has 0 amide bonds. The maximum absolute atomic E-state index is 2.54. The summed E-state index contributed by atoms with van der Waals surface area (Å²) in [5.74, 6) is 0. The summed E-state index contributed by atoms with van der Waals surface area (Å²) in [6.45, 7) is 7.30. The molecular weight excluding hydrogens is 929 g/mol. The Hall–Kier alpha value is -9.14. The number of benzene rings is 12. The molecule has 0 aliphatic carbocycles. The molecule has 0 saturated carbocycles. The Morgan fingerprint density at radius 3 is 0.526 bits per heavy atom. The van der Waals surface area contributed by atoms with Crippen LogP contribution in [-0.4, -0.2) is 8.80 Å². The fourth-order valence-corrected chi connectivity index (χ4v) is 15.5. The molecule has 0 atom stereocenters. The fraction of sp³-hybridized carbons (Fsp3) is 0.0400. The second-order valence-corrected chi connectivity index (χ2v) is 22.0.